The zero-order valence-electron chi connectivity index (χ0n) is 17.2. The topological polar surface area (TPSA) is 66.5 Å². The Bertz CT molecular complexity index is 903. The molecule has 1 aliphatic rings. The lowest BCUT2D eigenvalue weighted by Crippen LogP contribution is -2.44. The minimum absolute atomic E-state index is 0.0398. The van der Waals surface area contributed by atoms with Crippen molar-refractivity contribution in [2.45, 2.75) is 50.5 Å². The molecule has 0 spiro atoms. The molecule has 0 saturated carbocycles. The molecule has 6 heteroatoms. The van der Waals surface area contributed by atoms with Gasteiger partial charge in [0.25, 0.3) is 0 Å². The van der Waals surface area contributed by atoms with E-state index in [1.807, 2.05) is 44.2 Å². The molecule has 1 heterocycles. The van der Waals surface area contributed by atoms with Crippen LogP contribution in [-0.4, -0.2) is 37.8 Å². The van der Waals surface area contributed by atoms with E-state index in [-0.39, 0.29) is 17.9 Å². The molecule has 29 heavy (non-hydrogen) atoms. The summed E-state index contributed by atoms with van der Waals surface area (Å²) >= 11 is 0. The highest BCUT2D eigenvalue weighted by atomic mass is 32.2. The van der Waals surface area contributed by atoms with Crippen molar-refractivity contribution < 1.29 is 13.2 Å². The third-order valence-corrected chi connectivity index (χ3v) is 7.49. The van der Waals surface area contributed by atoms with Gasteiger partial charge in [0.05, 0.1) is 4.90 Å². The highest BCUT2D eigenvalue weighted by Crippen LogP contribution is 2.24. The predicted molar refractivity (Wildman–Crippen MR) is 115 cm³/mol. The molecule has 156 valence electrons. The molecule has 1 atom stereocenters. The molecule has 2 aromatic carbocycles. The largest absolute Gasteiger partial charge is 0.353 e. The van der Waals surface area contributed by atoms with Gasteiger partial charge in [0.2, 0.25) is 15.9 Å². The highest BCUT2D eigenvalue weighted by Gasteiger charge is 2.32. The number of carbonyl (C=O) groups is 1. The zero-order valence-corrected chi connectivity index (χ0v) is 18.0. The Morgan fingerprint density at radius 1 is 1.07 bits per heavy atom. The molecule has 0 unspecified atom stereocenters. The molecule has 3 rings (SSSR count). The van der Waals surface area contributed by atoms with Gasteiger partial charge in [0, 0.05) is 25.0 Å². The van der Waals surface area contributed by atoms with Gasteiger partial charge in [-0.25, -0.2) is 8.42 Å². The quantitative estimate of drug-likeness (QED) is 0.754. The first-order chi connectivity index (χ1) is 13.9. The molecule has 0 radical (unpaired) electrons. The van der Waals surface area contributed by atoms with Crippen LogP contribution in [0.4, 0.5) is 0 Å². The molecule has 1 fully saturated rings. The van der Waals surface area contributed by atoms with Gasteiger partial charge in [0.15, 0.2) is 0 Å². The fourth-order valence-corrected chi connectivity index (χ4v) is 5.15. The summed E-state index contributed by atoms with van der Waals surface area (Å²) in [5, 5.41) is 3.10. The van der Waals surface area contributed by atoms with E-state index in [1.54, 1.807) is 12.1 Å². The van der Waals surface area contributed by atoms with Crippen LogP contribution < -0.4 is 5.32 Å². The van der Waals surface area contributed by atoms with Gasteiger partial charge in [-0.1, -0.05) is 48.0 Å². The van der Waals surface area contributed by atoms with Crippen LogP contribution in [0.2, 0.25) is 0 Å². The van der Waals surface area contributed by atoms with Crippen LogP contribution in [-0.2, 0) is 21.2 Å². The summed E-state index contributed by atoms with van der Waals surface area (Å²) in [5.41, 5.74) is 2.30. The standard InChI is InChI=1S/C23H30N2O3S/c1-18-8-12-22(13-9-18)29(27,28)25-16-14-21(15-17-25)23(26)24-19(2)10-11-20-6-4-3-5-7-20/h3-9,12-13,19,21H,10-11,14-17H2,1-2H3,(H,24,26)/t19-/m1/s1. The van der Waals surface area contributed by atoms with Crippen molar-refractivity contribution in [2.24, 2.45) is 5.92 Å². The summed E-state index contributed by atoms with van der Waals surface area (Å²) in [4.78, 5) is 12.9. The smallest absolute Gasteiger partial charge is 0.243 e. The minimum atomic E-state index is -3.49. The molecule has 5 nitrogen and oxygen atoms in total. The SMILES string of the molecule is Cc1ccc(S(=O)(=O)N2CCC(C(=O)N[C@H](C)CCc3ccccc3)CC2)cc1. The lowest BCUT2D eigenvalue weighted by Gasteiger charge is -2.31. The lowest BCUT2D eigenvalue weighted by molar-refractivity contribution is -0.126. The van der Waals surface area contributed by atoms with E-state index in [1.165, 1.54) is 9.87 Å². The molecule has 0 bridgehead atoms. The average Bonchev–Trinajstić information content (AvgIpc) is 2.73. The second-order valence-electron chi connectivity index (χ2n) is 7.93. The van der Waals surface area contributed by atoms with Crippen molar-refractivity contribution in [3.05, 3.63) is 65.7 Å². The Labute approximate surface area is 174 Å². The van der Waals surface area contributed by atoms with Crippen molar-refractivity contribution in [1.82, 2.24) is 9.62 Å². The molecule has 0 aliphatic carbocycles. The van der Waals surface area contributed by atoms with Gasteiger partial charge in [-0.2, -0.15) is 4.31 Å². The first kappa shape index (κ1) is 21.5. The van der Waals surface area contributed by atoms with Crippen LogP contribution in [0.5, 0.6) is 0 Å². The molecule has 1 amide bonds. The maximum atomic E-state index is 12.8. The van der Waals surface area contributed by atoms with Crippen molar-refractivity contribution >= 4 is 15.9 Å². The number of nitrogens with one attached hydrogen (secondary N) is 1. The molecule has 1 N–H and O–H groups in total. The fraction of sp³-hybridized carbons (Fsp3) is 0.435. The lowest BCUT2D eigenvalue weighted by atomic mass is 9.96. The second-order valence-corrected chi connectivity index (χ2v) is 9.86. The van der Waals surface area contributed by atoms with E-state index in [9.17, 15) is 13.2 Å². The molecular weight excluding hydrogens is 384 g/mol. The summed E-state index contributed by atoms with van der Waals surface area (Å²) in [6, 6.07) is 17.3. The number of piperidine rings is 1. The monoisotopic (exact) mass is 414 g/mol. The molecule has 2 aromatic rings. The predicted octanol–water partition coefficient (Wildman–Crippen LogP) is 3.53. The molecule has 1 aliphatic heterocycles. The van der Waals surface area contributed by atoms with Gasteiger partial charge >= 0.3 is 0 Å². The number of amides is 1. The summed E-state index contributed by atoms with van der Waals surface area (Å²) in [5.74, 6) is -0.0865. The van der Waals surface area contributed by atoms with Gasteiger partial charge in [-0.3, -0.25) is 4.79 Å². The summed E-state index contributed by atoms with van der Waals surface area (Å²) in [7, 11) is -3.49. The Hall–Kier alpha value is -2.18. The summed E-state index contributed by atoms with van der Waals surface area (Å²) in [6.07, 6.45) is 2.93. The van der Waals surface area contributed by atoms with E-state index < -0.39 is 10.0 Å². The van der Waals surface area contributed by atoms with E-state index in [4.69, 9.17) is 0 Å². The van der Waals surface area contributed by atoms with Crippen molar-refractivity contribution in [3.63, 3.8) is 0 Å². The number of rotatable bonds is 7. The fourth-order valence-electron chi connectivity index (χ4n) is 3.68. The van der Waals surface area contributed by atoms with E-state index in [0.717, 1.165) is 18.4 Å². The van der Waals surface area contributed by atoms with E-state index in [0.29, 0.717) is 30.8 Å². The van der Waals surface area contributed by atoms with Gasteiger partial charge in [0.1, 0.15) is 0 Å². The number of aryl methyl sites for hydroxylation is 2. The Balaban J connectivity index is 1.48. The Morgan fingerprint density at radius 2 is 1.69 bits per heavy atom. The zero-order chi connectivity index (χ0) is 20.9. The number of carbonyl (C=O) groups excluding carboxylic acids is 1. The first-order valence-corrected chi connectivity index (χ1v) is 11.7. The second kappa shape index (κ2) is 9.55. The Kier molecular flexibility index (Phi) is 7.09. The Morgan fingerprint density at radius 3 is 2.31 bits per heavy atom. The highest BCUT2D eigenvalue weighted by molar-refractivity contribution is 7.89. The van der Waals surface area contributed by atoms with Gasteiger partial charge in [-0.05, 0) is 57.2 Å². The minimum Gasteiger partial charge on any atom is -0.353 e. The van der Waals surface area contributed by atoms with E-state index in [2.05, 4.69) is 17.4 Å². The summed E-state index contributed by atoms with van der Waals surface area (Å²) < 4.78 is 27.1. The van der Waals surface area contributed by atoms with Crippen LogP contribution in [0.25, 0.3) is 0 Å². The molecular formula is C23H30N2O3S. The van der Waals surface area contributed by atoms with Gasteiger partial charge in [-0.15, -0.1) is 0 Å². The number of benzene rings is 2. The van der Waals surface area contributed by atoms with Crippen molar-refractivity contribution in [3.8, 4) is 0 Å². The maximum absolute atomic E-state index is 12.8. The van der Waals surface area contributed by atoms with Crippen LogP contribution in [0.15, 0.2) is 59.5 Å². The first-order valence-electron chi connectivity index (χ1n) is 10.3. The van der Waals surface area contributed by atoms with E-state index >= 15 is 0 Å². The average molecular weight is 415 g/mol. The molecule has 1 saturated heterocycles. The third-order valence-electron chi connectivity index (χ3n) is 5.58. The summed E-state index contributed by atoms with van der Waals surface area (Å²) in [6.45, 7) is 4.72. The number of nitrogens with zero attached hydrogens (tertiary/aromatic N) is 1. The van der Waals surface area contributed by atoms with Gasteiger partial charge < -0.3 is 5.32 Å². The third kappa shape index (κ3) is 5.67. The normalized spacial score (nSPS) is 17.0. The van der Waals surface area contributed by atoms with Crippen molar-refractivity contribution in [2.75, 3.05) is 13.1 Å². The maximum Gasteiger partial charge on any atom is 0.243 e. The van der Waals surface area contributed by atoms with Crippen LogP contribution in [0.1, 0.15) is 37.3 Å². The van der Waals surface area contributed by atoms with Crippen LogP contribution in [0, 0.1) is 12.8 Å². The number of sulfonamides is 1. The number of hydrogen-bond donors (Lipinski definition) is 1. The van der Waals surface area contributed by atoms with Crippen molar-refractivity contribution in [1.29, 1.82) is 0 Å². The van der Waals surface area contributed by atoms with Crippen LogP contribution in [0.3, 0.4) is 0 Å². The molecule has 0 aromatic heterocycles. The number of hydrogen-bond acceptors (Lipinski definition) is 3. The van der Waals surface area contributed by atoms with Crippen LogP contribution >= 0.6 is 0 Å².